The molecule has 1 heteroatoms. The van der Waals surface area contributed by atoms with E-state index in [9.17, 15) is 0 Å². The zero-order valence-electron chi connectivity index (χ0n) is 10.5. The van der Waals surface area contributed by atoms with Crippen LogP contribution in [0.15, 0.2) is 0 Å². The van der Waals surface area contributed by atoms with Gasteiger partial charge in [0.05, 0.1) is 7.85 Å². The Morgan fingerprint density at radius 3 is 2.00 bits per heavy atom. The maximum Gasteiger partial charge on any atom is 0.0653 e. The van der Waals surface area contributed by atoms with Gasteiger partial charge in [-0.3, -0.25) is 0 Å². The van der Waals surface area contributed by atoms with E-state index in [2.05, 4.69) is 34.6 Å². The molecule has 1 fully saturated rings. The molecular formula is C13H25B. The molecule has 0 saturated heterocycles. The predicted octanol–water partition coefficient (Wildman–Crippen LogP) is 3.77. The van der Waals surface area contributed by atoms with Crippen LogP contribution in [-0.2, 0) is 0 Å². The third-order valence-electron chi connectivity index (χ3n) is 4.71. The van der Waals surface area contributed by atoms with E-state index in [1.54, 1.807) is 0 Å². The van der Waals surface area contributed by atoms with Gasteiger partial charge in [0.25, 0.3) is 0 Å². The second-order valence-electron chi connectivity index (χ2n) is 5.64. The normalized spacial score (nSPS) is 43.4. The molecule has 0 bridgehead atoms. The molecule has 0 aromatic rings. The lowest BCUT2D eigenvalue weighted by Crippen LogP contribution is -2.21. The van der Waals surface area contributed by atoms with Crippen molar-refractivity contribution in [2.24, 2.45) is 35.5 Å². The van der Waals surface area contributed by atoms with Crippen LogP contribution in [0.1, 0.15) is 41.0 Å². The van der Waals surface area contributed by atoms with Gasteiger partial charge in [0.2, 0.25) is 0 Å². The maximum absolute atomic E-state index is 5.72. The molecule has 0 aromatic carbocycles. The minimum atomic E-state index is 0.814. The topological polar surface area (TPSA) is 0 Å². The van der Waals surface area contributed by atoms with Gasteiger partial charge >= 0.3 is 0 Å². The maximum atomic E-state index is 5.72. The molecule has 0 nitrogen and oxygen atoms in total. The van der Waals surface area contributed by atoms with Crippen molar-refractivity contribution < 1.29 is 0 Å². The lowest BCUT2D eigenvalue weighted by atomic mass is 9.76. The average Bonchev–Trinajstić information content (AvgIpc) is 2.32. The van der Waals surface area contributed by atoms with Crippen molar-refractivity contribution in [3.63, 3.8) is 0 Å². The Morgan fingerprint density at radius 1 is 1.00 bits per heavy atom. The number of hydrogen-bond donors (Lipinski definition) is 0. The van der Waals surface area contributed by atoms with Gasteiger partial charge in [-0.1, -0.05) is 47.4 Å². The fourth-order valence-corrected chi connectivity index (χ4v) is 3.71. The van der Waals surface area contributed by atoms with E-state index < -0.39 is 0 Å². The highest BCUT2D eigenvalue weighted by atomic mass is 14.5. The van der Waals surface area contributed by atoms with Crippen molar-refractivity contribution in [3.05, 3.63) is 0 Å². The van der Waals surface area contributed by atoms with Gasteiger partial charge in [0.15, 0.2) is 0 Å². The Morgan fingerprint density at radius 2 is 1.57 bits per heavy atom. The Kier molecular flexibility index (Phi) is 4.09. The van der Waals surface area contributed by atoms with E-state index >= 15 is 0 Å². The summed E-state index contributed by atoms with van der Waals surface area (Å²) in [5.74, 6) is 5.18. The molecule has 0 aliphatic heterocycles. The van der Waals surface area contributed by atoms with Gasteiger partial charge in [-0.25, -0.2) is 0 Å². The summed E-state index contributed by atoms with van der Waals surface area (Å²) < 4.78 is 0. The van der Waals surface area contributed by atoms with E-state index in [-0.39, 0.29) is 0 Å². The highest BCUT2D eigenvalue weighted by Crippen LogP contribution is 2.50. The Hall–Kier alpha value is 0.0649. The molecule has 14 heavy (non-hydrogen) atoms. The molecule has 0 spiro atoms. The van der Waals surface area contributed by atoms with Crippen LogP contribution in [0.4, 0.5) is 0 Å². The van der Waals surface area contributed by atoms with Crippen LogP contribution in [0, 0.1) is 35.5 Å². The fourth-order valence-electron chi connectivity index (χ4n) is 3.71. The summed E-state index contributed by atoms with van der Waals surface area (Å²) in [6.07, 6.45) is 2.08. The van der Waals surface area contributed by atoms with Crippen LogP contribution >= 0.6 is 0 Å². The van der Waals surface area contributed by atoms with E-state index in [1.165, 1.54) is 6.42 Å². The SMILES string of the molecule is [B]CCC1C(C)C(C)C(C)C1C(C)C. The predicted molar refractivity (Wildman–Crippen MR) is 64.5 cm³/mol. The quantitative estimate of drug-likeness (QED) is 0.597. The Bertz CT molecular complexity index is 176. The van der Waals surface area contributed by atoms with Crippen LogP contribution < -0.4 is 0 Å². The first-order chi connectivity index (χ1) is 6.50. The highest BCUT2D eigenvalue weighted by Gasteiger charge is 2.43. The monoisotopic (exact) mass is 192 g/mol. The van der Waals surface area contributed by atoms with Gasteiger partial charge in [-0.15, -0.1) is 0 Å². The molecule has 0 aromatic heterocycles. The molecule has 1 saturated carbocycles. The zero-order valence-corrected chi connectivity index (χ0v) is 10.5. The van der Waals surface area contributed by atoms with Gasteiger partial charge in [-0.2, -0.15) is 0 Å². The Labute approximate surface area is 91.3 Å². The van der Waals surface area contributed by atoms with Gasteiger partial charge in [0.1, 0.15) is 0 Å². The largest absolute Gasteiger partial charge is 0.0884 e. The lowest BCUT2D eigenvalue weighted by Gasteiger charge is -2.28. The van der Waals surface area contributed by atoms with Crippen molar-refractivity contribution in [2.45, 2.75) is 47.4 Å². The zero-order chi connectivity index (χ0) is 10.9. The second-order valence-corrected chi connectivity index (χ2v) is 5.64. The molecule has 5 unspecified atom stereocenters. The minimum Gasteiger partial charge on any atom is -0.0884 e. The smallest absolute Gasteiger partial charge is 0.0653 e. The summed E-state index contributed by atoms with van der Waals surface area (Å²) in [4.78, 5) is 0. The van der Waals surface area contributed by atoms with Crippen LogP contribution in [-0.4, -0.2) is 7.85 Å². The molecule has 2 radical (unpaired) electrons. The van der Waals surface area contributed by atoms with Gasteiger partial charge in [0, 0.05) is 0 Å². The summed E-state index contributed by atoms with van der Waals surface area (Å²) in [5.41, 5.74) is 0. The molecule has 5 atom stereocenters. The van der Waals surface area contributed by atoms with E-state index in [0.29, 0.717) is 0 Å². The van der Waals surface area contributed by atoms with E-state index in [0.717, 1.165) is 41.8 Å². The number of rotatable bonds is 3. The van der Waals surface area contributed by atoms with Gasteiger partial charge < -0.3 is 0 Å². The lowest BCUT2D eigenvalue weighted by molar-refractivity contribution is 0.219. The Balaban J connectivity index is 2.78. The first-order valence-electron chi connectivity index (χ1n) is 6.20. The third kappa shape index (κ3) is 2.02. The molecule has 0 heterocycles. The van der Waals surface area contributed by atoms with Crippen LogP contribution in [0.5, 0.6) is 0 Å². The summed E-state index contributed by atoms with van der Waals surface area (Å²) in [6.45, 7) is 12.0. The van der Waals surface area contributed by atoms with E-state index in [4.69, 9.17) is 7.85 Å². The first kappa shape index (κ1) is 12.1. The van der Waals surface area contributed by atoms with Crippen molar-refractivity contribution >= 4 is 7.85 Å². The summed E-state index contributed by atoms with van der Waals surface area (Å²) in [7, 11) is 5.72. The van der Waals surface area contributed by atoms with Crippen molar-refractivity contribution in [2.75, 3.05) is 0 Å². The van der Waals surface area contributed by atoms with Crippen molar-refractivity contribution in [1.29, 1.82) is 0 Å². The molecule has 0 amide bonds. The second kappa shape index (κ2) is 4.72. The fraction of sp³-hybridized carbons (Fsp3) is 1.00. The van der Waals surface area contributed by atoms with Gasteiger partial charge in [-0.05, 0) is 35.5 Å². The molecule has 80 valence electrons. The molecular weight excluding hydrogens is 167 g/mol. The third-order valence-corrected chi connectivity index (χ3v) is 4.71. The first-order valence-corrected chi connectivity index (χ1v) is 6.20. The summed E-state index contributed by atoms with van der Waals surface area (Å²) >= 11 is 0. The molecule has 1 rings (SSSR count). The average molecular weight is 192 g/mol. The molecule has 0 N–H and O–H groups in total. The standard InChI is InChI=1S/C13H25B/c1-8(2)13-11(5)9(3)10(4)12(13)6-7-14/h8-13H,6-7H2,1-5H3. The van der Waals surface area contributed by atoms with Crippen molar-refractivity contribution in [1.82, 2.24) is 0 Å². The summed E-state index contributed by atoms with van der Waals surface area (Å²) in [5, 5.41) is 0. The van der Waals surface area contributed by atoms with Crippen LogP contribution in [0.3, 0.4) is 0 Å². The molecule has 1 aliphatic carbocycles. The van der Waals surface area contributed by atoms with Crippen molar-refractivity contribution in [3.8, 4) is 0 Å². The van der Waals surface area contributed by atoms with E-state index in [1.807, 2.05) is 0 Å². The minimum absolute atomic E-state index is 0.814. The highest BCUT2D eigenvalue weighted by molar-refractivity contribution is 6.08. The van der Waals surface area contributed by atoms with Crippen LogP contribution in [0.25, 0.3) is 0 Å². The molecule has 1 aliphatic rings. The number of hydrogen-bond acceptors (Lipinski definition) is 0. The summed E-state index contributed by atoms with van der Waals surface area (Å²) in [6, 6.07) is 0. The van der Waals surface area contributed by atoms with Crippen LogP contribution in [0.2, 0.25) is 6.32 Å².